The maximum absolute atomic E-state index is 11.0. The van der Waals surface area contributed by atoms with Gasteiger partial charge >= 0.3 is 5.97 Å². The molecule has 15 heavy (non-hydrogen) atoms. The zero-order chi connectivity index (χ0) is 10.8. The van der Waals surface area contributed by atoms with Crippen LogP contribution in [-0.4, -0.2) is 17.2 Å². The van der Waals surface area contributed by atoms with Gasteiger partial charge in [0, 0.05) is 6.08 Å². The van der Waals surface area contributed by atoms with Crippen LogP contribution in [0, 0.1) is 0 Å². The molecular formula is C12H12O3. The third-order valence-electron chi connectivity index (χ3n) is 2.47. The van der Waals surface area contributed by atoms with E-state index in [2.05, 4.69) is 0 Å². The molecule has 0 radical (unpaired) electrons. The van der Waals surface area contributed by atoms with Crippen molar-refractivity contribution in [2.24, 2.45) is 0 Å². The highest BCUT2D eigenvalue weighted by Gasteiger charge is 2.30. The zero-order valence-electron chi connectivity index (χ0n) is 8.38. The fourth-order valence-corrected chi connectivity index (χ4v) is 1.66. The quantitative estimate of drug-likeness (QED) is 0.744. The van der Waals surface area contributed by atoms with Gasteiger partial charge < -0.3 is 9.84 Å². The van der Waals surface area contributed by atoms with Crippen molar-refractivity contribution in [1.82, 2.24) is 0 Å². The third kappa shape index (κ3) is 1.92. The highest BCUT2D eigenvalue weighted by Crippen LogP contribution is 2.27. The second-order valence-corrected chi connectivity index (χ2v) is 3.60. The Morgan fingerprint density at radius 3 is 2.53 bits per heavy atom. The number of cyclic esters (lactones) is 1. The van der Waals surface area contributed by atoms with Crippen molar-refractivity contribution >= 4 is 5.97 Å². The number of carbonyl (C=O) groups excluding carboxylic acids is 1. The van der Waals surface area contributed by atoms with Gasteiger partial charge in [0.15, 0.2) is 6.10 Å². The van der Waals surface area contributed by atoms with E-state index in [1.165, 1.54) is 6.08 Å². The Kier molecular flexibility index (Phi) is 2.56. The molecule has 0 saturated heterocycles. The standard InChI is InChI=1S/C12H12O3/c1-8-7-10(13)15-12(8)11(14)9-5-3-2-4-6-9/h2-7,11-12,14H,1H3/t11-,12+/m1/s1. The Bertz CT molecular complexity index is 395. The fourth-order valence-electron chi connectivity index (χ4n) is 1.66. The predicted octanol–water partition coefficient (Wildman–Crippen LogP) is 1.59. The molecule has 0 aliphatic carbocycles. The number of rotatable bonds is 2. The minimum atomic E-state index is -0.783. The van der Waals surface area contributed by atoms with Crippen LogP contribution in [0.2, 0.25) is 0 Å². The van der Waals surface area contributed by atoms with E-state index in [-0.39, 0.29) is 5.97 Å². The summed E-state index contributed by atoms with van der Waals surface area (Å²) in [5.74, 6) is -0.382. The monoisotopic (exact) mass is 204 g/mol. The highest BCUT2D eigenvalue weighted by atomic mass is 16.6. The first-order valence-electron chi connectivity index (χ1n) is 4.80. The fraction of sp³-hybridized carbons (Fsp3) is 0.250. The number of hydrogen-bond acceptors (Lipinski definition) is 3. The van der Waals surface area contributed by atoms with Crippen LogP contribution in [0.4, 0.5) is 0 Å². The van der Waals surface area contributed by atoms with Crippen LogP contribution >= 0.6 is 0 Å². The number of carbonyl (C=O) groups is 1. The molecule has 1 N–H and O–H groups in total. The van der Waals surface area contributed by atoms with E-state index in [1.807, 2.05) is 30.3 Å². The normalized spacial score (nSPS) is 22.1. The van der Waals surface area contributed by atoms with Crippen molar-refractivity contribution in [2.75, 3.05) is 0 Å². The lowest BCUT2D eigenvalue weighted by molar-refractivity contribution is -0.143. The molecule has 0 bridgehead atoms. The van der Waals surface area contributed by atoms with Gasteiger partial charge in [0.1, 0.15) is 6.10 Å². The summed E-state index contributed by atoms with van der Waals surface area (Å²) in [6, 6.07) is 9.18. The molecule has 3 heteroatoms. The minimum Gasteiger partial charge on any atom is -0.452 e. The van der Waals surface area contributed by atoms with E-state index in [9.17, 15) is 9.90 Å². The second kappa shape index (κ2) is 3.87. The number of esters is 1. The molecule has 0 spiro atoms. The Balaban J connectivity index is 2.20. The molecule has 0 aromatic heterocycles. The Morgan fingerprint density at radius 1 is 1.33 bits per heavy atom. The van der Waals surface area contributed by atoms with Gasteiger partial charge in [-0.25, -0.2) is 4.79 Å². The predicted molar refractivity (Wildman–Crippen MR) is 55.0 cm³/mol. The topological polar surface area (TPSA) is 46.5 Å². The van der Waals surface area contributed by atoms with Crippen molar-refractivity contribution in [2.45, 2.75) is 19.1 Å². The highest BCUT2D eigenvalue weighted by molar-refractivity contribution is 5.85. The molecule has 0 amide bonds. The SMILES string of the molecule is CC1=CC(=O)O[C@@H]1[C@H](O)c1ccccc1. The molecule has 1 heterocycles. The Labute approximate surface area is 88.0 Å². The maximum Gasteiger partial charge on any atom is 0.331 e. The van der Waals surface area contributed by atoms with E-state index < -0.39 is 12.2 Å². The second-order valence-electron chi connectivity index (χ2n) is 3.60. The number of aliphatic hydroxyl groups is 1. The van der Waals surface area contributed by atoms with Gasteiger partial charge in [-0.3, -0.25) is 0 Å². The van der Waals surface area contributed by atoms with Gasteiger partial charge in [-0.1, -0.05) is 30.3 Å². The summed E-state index contributed by atoms with van der Waals surface area (Å²) < 4.78 is 5.01. The van der Waals surface area contributed by atoms with Crippen molar-refractivity contribution in [3.8, 4) is 0 Å². The first-order valence-corrected chi connectivity index (χ1v) is 4.80. The lowest BCUT2D eigenvalue weighted by atomic mass is 10.0. The van der Waals surface area contributed by atoms with E-state index in [0.717, 1.165) is 11.1 Å². The van der Waals surface area contributed by atoms with Crippen LogP contribution < -0.4 is 0 Å². The average molecular weight is 204 g/mol. The Hall–Kier alpha value is -1.61. The van der Waals surface area contributed by atoms with Gasteiger partial charge in [0.2, 0.25) is 0 Å². The van der Waals surface area contributed by atoms with E-state index in [0.29, 0.717) is 0 Å². The van der Waals surface area contributed by atoms with Crippen LogP contribution in [0.3, 0.4) is 0 Å². The molecule has 0 fully saturated rings. The lowest BCUT2D eigenvalue weighted by Gasteiger charge is -2.19. The van der Waals surface area contributed by atoms with Gasteiger partial charge in [-0.2, -0.15) is 0 Å². The van der Waals surface area contributed by atoms with Crippen molar-refractivity contribution in [3.63, 3.8) is 0 Å². The summed E-state index contributed by atoms with van der Waals surface area (Å²) in [6.07, 6.45) is 0.0883. The maximum atomic E-state index is 11.0. The number of hydrogen-bond donors (Lipinski definition) is 1. The van der Waals surface area contributed by atoms with Gasteiger partial charge in [-0.15, -0.1) is 0 Å². The third-order valence-corrected chi connectivity index (χ3v) is 2.47. The Morgan fingerprint density at radius 2 is 2.00 bits per heavy atom. The van der Waals surface area contributed by atoms with Crippen molar-refractivity contribution in [1.29, 1.82) is 0 Å². The van der Waals surface area contributed by atoms with Crippen LogP contribution in [0.25, 0.3) is 0 Å². The largest absolute Gasteiger partial charge is 0.452 e. The average Bonchev–Trinajstić information content (AvgIpc) is 2.58. The molecule has 0 unspecified atom stereocenters. The molecule has 2 rings (SSSR count). The summed E-state index contributed by atoms with van der Waals surface area (Å²) in [7, 11) is 0. The van der Waals surface area contributed by atoms with Crippen molar-refractivity contribution in [3.05, 3.63) is 47.5 Å². The van der Waals surface area contributed by atoms with E-state index in [1.54, 1.807) is 6.92 Å². The van der Waals surface area contributed by atoms with Crippen LogP contribution in [0.15, 0.2) is 42.0 Å². The molecule has 2 atom stereocenters. The summed E-state index contributed by atoms with van der Waals surface area (Å²) in [6.45, 7) is 1.78. The zero-order valence-corrected chi connectivity index (χ0v) is 8.38. The van der Waals surface area contributed by atoms with Gasteiger partial charge in [0.05, 0.1) is 0 Å². The first kappa shape index (κ1) is 9.93. The molecule has 1 aromatic carbocycles. The number of ether oxygens (including phenoxy) is 1. The summed E-state index contributed by atoms with van der Waals surface area (Å²) in [4.78, 5) is 11.0. The molecule has 0 saturated carbocycles. The van der Waals surface area contributed by atoms with Crippen LogP contribution in [0.1, 0.15) is 18.6 Å². The minimum absolute atomic E-state index is 0.382. The molecular weight excluding hydrogens is 192 g/mol. The summed E-state index contributed by atoms with van der Waals surface area (Å²) in [5, 5.41) is 9.99. The summed E-state index contributed by atoms with van der Waals surface area (Å²) >= 11 is 0. The molecule has 3 nitrogen and oxygen atoms in total. The molecule has 1 aliphatic rings. The smallest absolute Gasteiger partial charge is 0.331 e. The molecule has 1 aliphatic heterocycles. The molecule has 1 aromatic rings. The van der Waals surface area contributed by atoms with Gasteiger partial charge in [-0.05, 0) is 18.1 Å². The molecule has 78 valence electrons. The number of benzene rings is 1. The van der Waals surface area contributed by atoms with Gasteiger partial charge in [0.25, 0.3) is 0 Å². The van der Waals surface area contributed by atoms with Crippen LogP contribution in [-0.2, 0) is 9.53 Å². The first-order chi connectivity index (χ1) is 7.18. The van der Waals surface area contributed by atoms with Crippen LogP contribution in [0.5, 0.6) is 0 Å². The van der Waals surface area contributed by atoms with E-state index >= 15 is 0 Å². The summed E-state index contributed by atoms with van der Waals surface area (Å²) in [5.41, 5.74) is 1.52. The number of aliphatic hydroxyl groups excluding tert-OH is 1. The van der Waals surface area contributed by atoms with Crippen molar-refractivity contribution < 1.29 is 14.6 Å². The van der Waals surface area contributed by atoms with E-state index in [4.69, 9.17) is 4.74 Å². The lowest BCUT2D eigenvalue weighted by Crippen LogP contribution is -2.20.